The molecule has 114 valence electrons. The standard InChI is InChI=1S/C15H26N2O3/c16-10-15(6-3-7-15)8-13(18)17-9-11-4-1-2-5-12(11)14(19)20/h11-12H,1-10,16H2,(H,17,18)(H,19,20). The van der Waals surface area contributed by atoms with Gasteiger partial charge in [0, 0.05) is 13.0 Å². The highest BCUT2D eigenvalue weighted by atomic mass is 16.4. The van der Waals surface area contributed by atoms with Crippen LogP contribution in [0.3, 0.4) is 0 Å². The quantitative estimate of drug-likeness (QED) is 0.688. The summed E-state index contributed by atoms with van der Waals surface area (Å²) in [6, 6.07) is 0. The minimum atomic E-state index is -0.721. The molecule has 2 aliphatic rings. The summed E-state index contributed by atoms with van der Waals surface area (Å²) in [4.78, 5) is 23.2. The predicted molar refractivity (Wildman–Crippen MR) is 76.0 cm³/mol. The molecule has 5 nitrogen and oxygen atoms in total. The van der Waals surface area contributed by atoms with E-state index in [1.807, 2.05) is 0 Å². The number of carbonyl (C=O) groups excluding carboxylic acids is 1. The van der Waals surface area contributed by atoms with Crippen molar-refractivity contribution in [2.75, 3.05) is 13.1 Å². The molecular weight excluding hydrogens is 256 g/mol. The lowest BCUT2D eigenvalue weighted by Gasteiger charge is -2.40. The van der Waals surface area contributed by atoms with E-state index in [1.165, 1.54) is 0 Å². The fourth-order valence-corrected chi connectivity index (χ4v) is 3.55. The van der Waals surface area contributed by atoms with Gasteiger partial charge < -0.3 is 16.2 Å². The summed E-state index contributed by atoms with van der Waals surface area (Å²) < 4.78 is 0. The number of nitrogens with one attached hydrogen (secondary N) is 1. The molecule has 0 aromatic carbocycles. The van der Waals surface area contributed by atoms with Crippen LogP contribution in [0.15, 0.2) is 0 Å². The Hall–Kier alpha value is -1.10. The number of nitrogens with two attached hydrogens (primary N) is 1. The second-order valence-corrected chi connectivity index (χ2v) is 6.53. The first-order valence-electron chi connectivity index (χ1n) is 7.76. The Morgan fingerprint density at radius 2 is 1.90 bits per heavy atom. The van der Waals surface area contributed by atoms with E-state index in [2.05, 4.69) is 5.32 Å². The van der Waals surface area contributed by atoms with Gasteiger partial charge in [-0.15, -0.1) is 0 Å². The van der Waals surface area contributed by atoms with Gasteiger partial charge in [-0.05, 0) is 43.6 Å². The minimum absolute atomic E-state index is 0.0167. The van der Waals surface area contributed by atoms with E-state index in [-0.39, 0.29) is 23.2 Å². The topological polar surface area (TPSA) is 92.4 Å². The molecule has 2 rings (SSSR count). The van der Waals surface area contributed by atoms with Crippen molar-refractivity contribution in [3.05, 3.63) is 0 Å². The van der Waals surface area contributed by atoms with Crippen LogP contribution in [0.1, 0.15) is 51.4 Å². The molecule has 0 aromatic heterocycles. The van der Waals surface area contributed by atoms with Gasteiger partial charge in [0.1, 0.15) is 0 Å². The lowest BCUT2D eigenvalue weighted by Crippen LogP contribution is -2.43. The largest absolute Gasteiger partial charge is 0.481 e. The lowest BCUT2D eigenvalue weighted by molar-refractivity contribution is -0.145. The summed E-state index contributed by atoms with van der Waals surface area (Å²) in [5.74, 6) is -0.900. The van der Waals surface area contributed by atoms with Crippen LogP contribution in [0.4, 0.5) is 0 Å². The zero-order valence-corrected chi connectivity index (χ0v) is 12.1. The monoisotopic (exact) mass is 282 g/mol. The molecule has 4 N–H and O–H groups in total. The van der Waals surface area contributed by atoms with E-state index >= 15 is 0 Å². The van der Waals surface area contributed by atoms with Gasteiger partial charge in [0.05, 0.1) is 5.92 Å². The van der Waals surface area contributed by atoms with Crippen LogP contribution in [0.5, 0.6) is 0 Å². The zero-order chi connectivity index (χ0) is 14.6. The van der Waals surface area contributed by atoms with E-state index in [9.17, 15) is 14.7 Å². The van der Waals surface area contributed by atoms with Crippen molar-refractivity contribution >= 4 is 11.9 Å². The van der Waals surface area contributed by atoms with Crippen LogP contribution in [-0.4, -0.2) is 30.1 Å². The number of carboxylic acid groups (broad SMARTS) is 1. The Morgan fingerprint density at radius 3 is 2.45 bits per heavy atom. The van der Waals surface area contributed by atoms with Crippen molar-refractivity contribution in [3.63, 3.8) is 0 Å². The van der Waals surface area contributed by atoms with E-state index in [4.69, 9.17) is 5.73 Å². The predicted octanol–water partition coefficient (Wildman–Crippen LogP) is 1.51. The van der Waals surface area contributed by atoms with Crippen molar-refractivity contribution in [1.29, 1.82) is 0 Å². The maximum absolute atomic E-state index is 12.0. The minimum Gasteiger partial charge on any atom is -0.481 e. The molecule has 0 saturated heterocycles. The molecule has 2 atom stereocenters. The van der Waals surface area contributed by atoms with Gasteiger partial charge >= 0.3 is 5.97 Å². The molecule has 1 amide bonds. The van der Waals surface area contributed by atoms with Gasteiger partial charge in [-0.2, -0.15) is 0 Å². The molecule has 2 saturated carbocycles. The highest BCUT2D eigenvalue weighted by molar-refractivity contribution is 5.77. The first kappa shape index (κ1) is 15.3. The van der Waals surface area contributed by atoms with Crippen molar-refractivity contribution in [2.24, 2.45) is 23.0 Å². The van der Waals surface area contributed by atoms with Crippen molar-refractivity contribution < 1.29 is 14.7 Å². The fourth-order valence-electron chi connectivity index (χ4n) is 3.55. The third kappa shape index (κ3) is 3.51. The fraction of sp³-hybridized carbons (Fsp3) is 0.867. The van der Waals surface area contributed by atoms with Gasteiger partial charge in [-0.1, -0.05) is 19.3 Å². The molecule has 0 heterocycles. The summed E-state index contributed by atoms with van der Waals surface area (Å²) in [7, 11) is 0. The highest BCUT2D eigenvalue weighted by Crippen LogP contribution is 2.42. The number of aliphatic carboxylic acids is 1. The molecule has 2 unspecified atom stereocenters. The molecule has 0 aliphatic heterocycles. The Balaban J connectivity index is 1.78. The second kappa shape index (κ2) is 6.57. The maximum atomic E-state index is 12.0. The zero-order valence-electron chi connectivity index (χ0n) is 12.1. The van der Waals surface area contributed by atoms with E-state index in [1.54, 1.807) is 0 Å². The lowest BCUT2D eigenvalue weighted by atomic mass is 9.66. The van der Waals surface area contributed by atoms with E-state index in [0.717, 1.165) is 44.9 Å². The number of rotatable bonds is 6. The maximum Gasteiger partial charge on any atom is 0.306 e. The Morgan fingerprint density at radius 1 is 1.20 bits per heavy atom. The van der Waals surface area contributed by atoms with Gasteiger partial charge in [-0.3, -0.25) is 9.59 Å². The second-order valence-electron chi connectivity index (χ2n) is 6.53. The summed E-state index contributed by atoms with van der Waals surface area (Å²) in [5.41, 5.74) is 5.78. The van der Waals surface area contributed by atoms with Crippen LogP contribution in [0.2, 0.25) is 0 Å². The number of carbonyl (C=O) groups is 2. The molecule has 2 fully saturated rings. The summed E-state index contributed by atoms with van der Waals surface area (Å²) >= 11 is 0. The molecule has 2 aliphatic carbocycles. The van der Waals surface area contributed by atoms with Crippen molar-refractivity contribution in [1.82, 2.24) is 5.32 Å². The van der Waals surface area contributed by atoms with Crippen LogP contribution in [-0.2, 0) is 9.59 Å². The normalized spacial score (nSPS) is 28.4. The summed E-state index contributed by atoms with van der Waals surface area (Å²) in [5, 5.41) is 12.2. The van der Waals surface area contributed by atoms with Crippen LogP contribution >= 0.6 is 0 Å². The van der Waals surface area contributed by atoms with Gasteiger partial charge in [0.2, 0.25) is 5.91 Å². The van der Waals surface area contributed by atoms with E-state index < -0.39 is 5.97 Å². The first-order valence-corrected chi connectivity index (χ1v) is 7.76. The van der Waals surface area contributed by atoms with Gasteiger partial charge in [0.15, 0.2) is 0 Å². The Labute approximate surface area is 120 Å². The number of amides is 1. The Kier molecular flexibility index (Phi) is 5.02. The van der Waals surface area contributed by atoms with Crippen LogP contribution in [0, 0.1) is 17.3 Å². The van der Waals surface area contributed by atoms with E-state index in [0.29, 0.717) is 19.5 Å². The Bertz CT molecular complexity index is 361. The third-order valence-corrected chi connectivity index (χ3v) is 5.17. The molecule has 0 spiro atoms. The number of hydrogen-bond acceptors (Lipinski definition) is 3. The molecule has 0 bridgehead atoms. The SMILES string of the molecule is NCC1(CC(=O)NCC2CCCCC2C(=O)O)CCC1. The average Bonchev–Trinajstić information content (AvgIpc) is 2.41. The third-order valence-electron chi connectivity index (χ3n) is 5.17. The molecule has 0 aromatic rings. The van der Waals surface area contributed by atoms with Crippen molar-refractivity contribution in [3.8, 4) is 0 Å². The highest BCUT2D eigenvalue weighted by Gasteiger charge is 2.38. The van der Waals surface area contributed by atoms with Crippen LogP contribution < -0.4 is 11.1 Å². The van der Waals surface area contributed by atoms with Gasteiger partial charge in [0.25, 0.3) is 0 Å². The molecule has 5 heteroatoms. The molecule has 20 heavy (non-hydrogen) atoms. The number of hydrogen-bond donors (Lipinski definition) is 3. The van der Waals surface area contributed by atoms with Crippen LogP contribution in [0.25, 0.3) is 0 Å². The molecule has 0 radical (unpaired) electrons. The smallest absolute Gasteiger partial charge is 0.306 e. The summed E-state index contributed by atoms with van der Waals surface area (Å²) in [6.07, 6.45) is 7.43. The van der Waals surface area contributed by atoms with Crippen molar-refractivity contribution in [2.45, 2.75) is 51.4 Å². The average molecular weight is 282 g/mol. The molecular formula is C15H26N2O3. The number of carboxylic acids is 1. The summed E-state index contributed by atoms with van der Waals surface area (Å²) in [6.45, 7) is 1.07. The van der Waals surface area contributed by atoms with Gasteiger partial charge in [-0.25, -0.2) is 0 Å². The first-order chi connectivity index (χ1) is 9.56.